The first-order chi connectivity index (χ1) is 14.0. The SMILES string of the molecule is CCN1CC2(CCN(c3ncccc3C(N)=O)CC2)CC(c2ccccc2)C1=O. The van der Waals surface area contributed by atoms with E-state index in [4.69, 9.17) is 5.73 Å². The van der Waals surface area contributed by atoms with Gasteiger partial charge in [0.25, 0.3) is 5.91 Å². The van der Waals surface area contributed by atoms with Crippen molar-refractivity contribution in [2.24, 2.45) is 11.1 Å². The Labute approximate surface area is 171 Å². The van der Waals surface area contributed by atoms with Gasteiger partial charge in [0.05, 0.1) is 11.5 Å². The smallest absolute Gasteiger partial charge is 0.252 e. The van der Waals surface area contributed by atoms with E-state index in [2.05, 4.69) is 28.9 Å². The van der Waals surface area contributed by atoms with Crippen molar-refractivity contribution in [1.82, 2.24) is 9.88 Å². The van der Waals surface area contributed by atoms with Crippen LogP contribution in [0.25, 0.3) is 0 Å². The van der Waals surface area contributed by atoms with Crippen molar-refractivity contribution in [3.63, 3.8) is 0 Å². The highest BCUT2D eigenvalue weighted by molar-refractivity contribution is 5.97. The van der Waals surface area contributed by atoms with Crippen molar-refractivity contribution in [3.05, 3.63) is 59.8 Å². The molecule has 0 aliphatic carbocycles. The number of nitrogens with two attached hydrogens (primary N) is 1. The molecular formula is C23H28N4O2. The molecule has 2 fully saturated rings. The molecule has 2 aliphatic rings. The van der Waals surface area contributed by atoms with Crippen molar-refractivity contribution in [1.29, 1.82) is 0 Å². The third-order valence-corrected chi connectivity index (χ3v) is 6.53. The summed E-state index contributed by atoms with van der Waals surface area (Å²) in [6.07, 6.45) is 4.52. The molecule has 6 heteroatoms. The number of rotatable bonds is 4. The minimum atomic E-state index is -0.446. The highest BCUT2D eigenvalue weighted by Crippen LogP contribution is 2.46. The van der Waals surface area contributed by atoms with Gasteiger partial charge >= 0.3 is 0 Å². The molecule has 3 heterocycles. The van der Waals surface area contributed by atoms with E-state index < -0.39 is 5.91 Å². The highest BCUT2D eigenvalue weighted by atomic mass is 16.2. The van der Waals surface area contributed by atoms with E-state index >= 15 is 0 Å². The van der Waals surface area contributed by atoms with Crippen LogP contribution in [0.15, 0.2) is 48.7 Å². The lowest BCUT2D eigenvalue weighted by molar-refractivity contribution is -0.140. The molecule has 1 spiro atoms. The van der Waals surface area contributed by atoms with E-state index in [1.54, 1.807) is 18.3 Å². The summed E-state index contributed by atoms with van der Waals surface area (Å²) >= 11 is 0. The Morgan fingerprint density at radius 3 is 2.55 bits per heavy atom. The summed E-state index contributed by atoms with van der Waals surface area (Å²) in [5, 5.41) is 0. The van der Waals surface area contributed by atoms with Gasteiger partial charge in [0.1, 0.15) is 5.82 Å². The summed E-state index contributed by atoms with van der Waals surface area (Å²) in [7, 11) is 0. The van der Waals surface area contributed by atoms with Crippen LogP contribution in [0.3, 0.4) is 0 Å². The number of primary amides is 1. The number of likely N-dealkylation sites (N-methyl/N-ethyl adjacent to an activating group) is 1. The number of piperidine rings is 2. The van der Waals surface area contributed by atoms with Crippen LogP contribution in [0.4, 0.5) is 5.82 Å². The third-order valence-electron chi connectivity index (χ3n) is 6.53. The Morgan fingerprint density at radius 2 is 1.90 bits per heavy atom. The van der Waals surface area contributed by atoms with Crippen molar-refractivity contribution in [2.45, 2.75) is 32.1 Å². The Bertz CT molecular complexity index is 891. The largest absolute Gasteiger partial charge is 0.365 e. The zero-order chi connectivity index (χ0) is 20.4. The Kier molecular flexibility index (Phi) is 5.26. The van der Waals surface area contributed by atoms with Crippen molar-refractivity contribution < 1.29 is 9.59 Å². The molecule has 152 valence electrons. The number of nitrogens with zero attached hydrogens (tertiary/aromatic N) is 3. The van der Waals surface area contributed by atoms with Gasteiger partial charge in [-0.1, -0.05) is 30.3 Å². The van der Waals surface area contributed by atoms with Crippen LogP contribution in [0.5, 0.6) is 0 Å². The lowest BCUT2D eigenvalue weighted by atomic mass is 9.67. The topological polar surface area (TPSA) is 79.5 Å². The summed E-state index contributed by atoms with van der Waals surface area (Å²) in [4.78, 5) is 33.4. The lowest BCUT2D eigenvalue weighted by Crippen LogP contribution is -2.54. The van der Waals surface area contributed by atoms with E-state index in [-0.39, 0.29) is 17.2 Å². The maximum atomic E-state index is 13.0. The number of hydrogen-bond acceptors (Lipinski definition) is 4. The number of amides is 2. The van der Waals surface area contributed by atoms with E-state index in [1.807, 2.05) is 23.1 Å². The van der Waals surface area contributed by atoms with Crippen LogP contribution in [0, 0.1) is 5.41 Å². The number of carbonyl (C=O) groups excluding carboxylic acids is 2. The van der Waals surface area contributed by atoms with Gasteiger partial charge in [-0.2, -0.15) is 0 Å². The van der Waals surface area contributed by atoms with Gasteiger partial charge < -0.3 is 15.5 Å². The zero-order valence-corrected chi connectivity index (χ0v) is 16.9. The fourth-order valence-electron chi connectivity index (χ4n) is 4.90. The second-order valence-electron chi connectivity index (χ2n) is 8.25. The molecule has 2 aliphatic heterocycles. The molecule has 4 rings (SSSR count). The first-order valence-electron chi connectivity index (χ1n) is 10.4. The molecule has 0 radical (unpaired) electrons. The standard InChI is InChI=1S/C23H28N4O2/c1-2-26-16-23(15-19(22(26)29)17-7-4-3-5-8-17)10-13-27(14-11-23)21-18(20(24)28)9-6-12-25-21/h3-9,12,19H,2,10-11,13-16H2,1H3,(H2,24,28). The normalized spacial score (nSPS) is 21.4. The van der Waals surface area contributed by atoms with Crippen LogP contribution >= 0.6 is 0 Å². The summed E-state index contributed by atoms with van der Waals surface area (Å²) in [6, 6.07) is 13.6. The van der Waals surface area contributed by atoms with Crippen LogP contribution in [-0.4, -0.2) is 47.9 Å². The van der Waals surface area contributed by atoms with Gasteiger partial charge in [-0.15, -0.1) is 0 Å². The lowest BCUT2D eigenvalue weighted by Gasteiger charge is -2.50. The number of hydrogen-bond donors (Lipinski definition) is 1. The van der Waals surface area contributed by atoms with Crippen LogP contribution in [0.1, 0.15) is 48.0 Å². The van der Waals surface area contributed by atoms with Crippen LogP contribution < -0.4 is 10.6 Å². The molecule has 2 amide bonds. The van der Waals surface area contributed by atoms with Crippen LogP contribution in [0.2, 0.25) is 0 Å². The van der Waals surface area contributed by atoms with E-state index in [1.165, 1.54) is 0 Å². The van der Waals surface area contributed by atoms with E-state index in [0.29, 0.717) is 11.4 Å². The van der Waals surface area contributed by atoms with Crippen molar-refractivity contribution in [2.75, 3.05) is 31.1 Å². The number of carbonyl (C=O) groups is 2. The molecule has 1 unspecified atom stereocenters. The maximum Gasteiger partial charge on any atom is 0.252 e. The summed E-state index contributed by atoms with van der Waals surface area (Å²) in [5.41, 5.74) is 7.22. The average Bonchev–Trinajstić information content (AvgIpc) is 2.76. The first kappa shape index (κ1) is 19.4. The van der Waals surface area contributed by atoms with E-state index in [0.717, 1.165) is 51.0 Å². The van der Waals surface area contributed by atoms with Gasteiger partial charge in [0.15, 0.2) is 0 Å². The van der Waals surface area contributed by atoms with Gasteiger partial charge in [0.2, 0.25) is 5.91 Å². The Morgan fingerprint density at radius 1 is 1.17 bits per heavy atom. The molecule has 0 bridgehead atoms. The second-order valence-corrected chi connectivity index (χ2v) is 8.25. The molecule has 0 saturated carbocycles. The zero-order valence-electron chi connectivity index (χ0n) is 16.9. The molecule has 6 nitrogen and oxygen atoms in total. The minimum absolute atomic E-state index is 0.0764. The quantitative estimate of drug-likeness (QED) is 0.868. The predicted molar refractivity (Wildman–Crippen MR) is 113 cm³/mol. The Balaban J connectivity index is 1.55. The molecular weight excluding hydrogens is 364 g/mol. The van der Waals surface area contributed by atoms with E-state index in [9.17, 15) is 9.59 Å². The first-order valence-corrected chi connectivity index (χ1v) is 10.4. The van der Waals surface area contributed by atoms with Crippen molar-refractivity contribution in [3.8, 4) is 0 Å². The molecule has 1 aromatic carbocycles. The van der Waals surface area contributed by atoms with Gasteiger partial charge in [0, 0.05) is 32.4 Å². The number of pyridine rings is 1. The molecule has 1 aromatic heterocycles. The third kappa shape index (κ3) is 3.71. The average molecular weight is 393 g/mol. The summed E-state index contributed by atoms with van der Waals surface area (Å²) in [5.74, 6) is 0.395. The minimum Gasteiger partial charge on any atom is -0.365 e. The van der Waals surface area contributed by atoms with Gasteiger partial charge in [-0.05, 0) is 49.3 Å². The maximum absolute atomic E-state index is 13.0. The number of aromatic nitrogens is 1. The summed E-state index contributed by atoms with van der Waals surface area (Å²) < 4.78 is 0. The molecule has 29 heavy (non-hydrogen) atoms. The fraction of sp³-hybridized carbons (Fsp3) is 0.435. The molecule has 1 atom stereocenters. The number of benzene rings is 1. The molecule has 2 N–H and O–H groups in total. The second kappa shape index (κ2) is 7.85. The predicted octanol–water partition coefficient (Wildman–Crippen LogP) is 2.80. The fourth-order valence-corrected chi connectivity index (χ4v) is 4.90. The van der Waals surface area contributed by atoms with Crippen LogP contribution in [-0.2, 0) is 4.79 Å². The monoisotopic (exact) mass is 392 g/mol. The van der Waals surface area contributed by atoms with Crippen molar-refractivity contribution >= 4 is 17.6 Å². The molecule has 2 saturated heterocycles. The summed E-state index contributed by atoms with van der Waals surface area (Å²) in [6.45, 7) is 5.22. The highest BCUT2D eigenvalue weighted by Gasteiger charge is 2.46. The Hall–Kier alpha value is -2.89. The number of anilines is 1. The van der Waals surface area contributed by atoms with Gasteiger partial charge in [-0.25, -0.2) is 4.98 Å². The number of likely N-dealkylation sites (tertiary alicyclic amines) is 1. The molecule has 2 aromatic rings. The van der Waals surface area contributed by atoms with Gasteiger partial charge in [-0.3, -0.25) is 9.59 Å².